The second-order valence-corrected chi connectivity index (χ2v) is 8.14. The molecule has 0 amide bonds. The maximum absolute atomic E-state index is 11.9. The van der Waals surface area contributed by atoms with Gasteiger partial charge in [-0.15, -0.1) is 0 Å². The van der Waals surface area contributed by atoms with Crippen molar-refractivity contribution in [3.05, 3.63) is 28.8 Å². The summed E-state index contributed by atoms with van der Waals surface area (Å²) in [5.41, 5.74) is 1.64. The SMILES string of the molecule is CC(C)c1cc(C=O)c([C@@]2(C)CCCC(C)(C)[C@@H]2C=O)cc1O. The summed E-state index contributed by atoms with van der Waals surface area (Å²) in [6.45, 7) is 10.3. The van der Waals surface area contributed by atoms with E-state index in [1.807, 2.05) is 13.8 Å². The third-order valence-electron chi connectivity index (χ3n) is 5.74. The molecule has 1 aliphatic carbocycles. The normalized spacial score (nSPS) is 27.0. The molecule has 126 valence electrons. The molecule has 0 bridgehead atoms. The van der Waals surface area contributed by atoms with Gasteiger partial charge in [-0.3, -0.25) is 4.79 Å². The lowest BCUT2D eigenvalue weighted by atomic mass is 9.54. The minimum absolute atomic E-state index is 0.110. The zero-order chi connectivity index (χ0) is 17.4. The van der Waals surface area contributed by atoms with E-state index in [2.05, 4.69) is 20.8 Å². The fraction of sp³-hybridized carbons (Fsp3) is 0.600. The van der Waals surface area contributed by atoms with E-state index < -0.39 is 5.41 Å². The molecule has 0 aliphatic heterocycles. The molecule has 0 heterocycles. The predicted octanol–water partition coefficient (Wildman–Crippen LogP) is 4.61. The molecule has 0 saturated heterocycles. The van der Waals surface area contributed by atoms with Crippen molar-refractivity contribution in [1.82, 2.24) is 0 Å². The Morgan fingerprint density at radius 1 is 1.17 bits per heavy atom. The first-order valence-electron chi connectivity index (χ1n) is 8.45. The molecule has 23 heavy (non-hydrogen) atoms. The molecule has 1 N–H and O–H groups in total. The van der Waals surface area contributed by atoms with E-state index >= 15 is 0 Å². The molecular formula is C20H28O3. The van der Waals surface area contributed by atoms with E-state index in [1.54, 1.807) is 12.1 Å². The molecule has 1 aromatic rings. The molecule has 1 fully saturated rings. The Labute approximate surface area is 139 Å². The molecule has 0 radical (unpaired) electrons. The number of aldehydes is 2. The Balaban J connectivity index is 2.65. The average Bonchev–Trinajstić information content (AvgIpc) is 2.46. The molecule has 2 atom stereocenters. The lowest BCUT2D eigenvalue weighted by Crippen LogP contribution is -2.46. The highest BCUT2D eigenvalue weighted by molar-refractivity contribution is 5.80. The van der Waals surface area contributed by atoms with Crippen molar-refractivity contribution in [1.29, 1.82) is 0 Å². The van der Waals surface area contributed by atoms with Crippen LogP contribution in [0, 0.1) is 11.3 Å². The maximum atomic E-state index is 11.9. The van der Waals surface area contributed by atoms with Crippen LogP contribution >= 0.6 is 0 Å². The van der Waals surface area contributed by atoms with Crippen LogP contribution in [0.3, 0.4) is 0 Å². The topological polar surface area (TPSA) is 54.4 Å². The highest BCUT2D eigenvalue weighted by atomic mass is 16.3. The van der Waals surface area contributed by atoms with Gasteiger partial charge in [0.25, 0.3) is 0 Å². The van der Waals surface area contributed by atoms with Gasteiger partial charge in [-0.1, -0.05) is 41.0 Å². The van der Waals surface area contributed by atoms with Crippen LogP contribution in [0.1, 0.15) is 81.3 Å². The minimum atomic E-state index is -0.424. The standard InChI is InChI=1S/C20H28O3/c1-13(2)15-9-14(11-21)16(10-17(15)23)20(5)8-6-7-19(3,4)18(20)12-22/h9-13,18,23H,6-8H2,1-5H3/t18-,20+/m0/s1. The number of aromatic hydroxyl groups is 1. The molecule has 0 aromatic heterocycles. The van der Waals surface area contributed by atoms with Crippen LogP contribution in [0.4, 0.5) is 0 Å². The van der Waals surface area contributed by atoms with Gasteiger partial charge in [0, 0.05) is 16.9 Å². The first-order chi connectivity index (χ1) is 10.7. The van der Waals surface area contributed by atoms with Gasteiger partial charge in [0.15, 0.2) is 0 Å². The first kappa shape index (κ1) is 17.7. The molecule has 1 saturated carbocycles. The van der Waals surface area contributed by atoms with E-state index in [9.17, 15) is 14.7 Å². The van der Waals surface area contributed by atoms with E-state index in [0.29, 0.717) is 5.56 Å². The van der Waals surface area contributed by atoms with Crippen molar-refractivity contribution in [2.45, 2.75) is 65.2 Å². The van der Waals surface area contributed by atoms with Crippen molar-refractivity contribution in [3.63, 3.8) is 0 Å². The fourth-order valence-corrected chi connectivity index (χ4v) is 4.40. The molecule has 3 heteroatoms. The Morgan fingerprint density at radius 3 is 2.35 bits per heavy atom. The van der Waals surface area contributed by atoms with Crippen LogP contribution in [0.2, 0.25) is 0 Å². The third kappa shape index (κ3) is 2.93. The summed E-state index contributed by atoms with van der Waals surface area (Å²) in [7, 11) is 0. The van der Waals surface area contributed by atoms with Gasteiger partial charge in [-0.05, 0) is 47.4 Å². The van der Waals surface area contributed by atoms with Crippen LogP contribution in [-0.2, 0) is 10.2 Å². The van der Waals surface area contributed by atoms with Gasteiger partial charge in [0.2, 0.25) is 0 Å². The average molecular weight is 316 g/mol. The van der Waals surface area contributed by atoms with Gasteiger partial charge >= 0.3 is 0 Å². The van der Waals surface area contributed by atoms with E-state index in [4.69, 9.17) is 0 Å². The van der Waals surface area contributed by atoms with Crippen LogP contribution < -0.4 is 0 Å². The number of carbonyl (C=O) groups excluding carboxylic acids is 2. The second kappa shape index (κ2) is 6.10. The predicted molar refractivity (Wildman–Crippen MR) is 92.1 cm³/mol. The van der Waals surface area contributed by atoms with Crippen LogP contribution in [0.5, 0.6) is 5.75 Å². The summed E-state index contributed by atoms with van der Waals surface area (Å²) in [6.07, 6.45) is 4.76. The van der Waals surface area contributed by atoms with Crippen molar-refractivity contribution >= 4 is 12.6 Å². The maximum Gasteiger partial charge on any atom is 0.150 e. The second-order valence-electron chi connectivity index (χ2n) is 8.14. The number of benzene rings is 1. The summed E-state index contributed by atoms with van der Waals surface area (Å²) in [4.78, 5) is 23.6. The lowest BCUT2D eigenvalue weighted by molar-refractivity contribution is -0.119. The van der Waals surface area contributed by atoms with Gasteiger partial charge in [0.1, 0.15) is 18.3 Å². The summed E-state index contributed by atoms with van der Waals surface area (Å²) in [5.74, 6) is 0.182. The van der Waals surface area contributed by atoms with Crippen LogP contribution in [0.15, 0.2) is 12.1 Å². The molecular weight excluding hydrogens is 288 g/mol. The summed E-state index contributed by atoms with van der Waals surface area (Å²) in [5, 5.41) is 10.4. The van der Waals surface area contributed by atoms with Crippen molar-refractivity contribution in [3.8, 4) is 5.75 Å². The Morgan fingerprint density at radius 2 is 1.83 bits per heavy atom. The van der Waals surface area contributed by atoms with E-state index in [0.717, 1.165) is 43.0 Å². The van der Waals surface area contributed by atoms with Crippen molar-refractivity contribution < 1.29 is 14.7 Å². The van der Waals surface area contributed by atoms with Crippen LogP contribution in [-0.4, -0.2) is 17.7 Å². The highest BCUT2D eigenvalue weighted by Gasteiger charge is 2.48. The van der Waals surface area contributed by atoms with E-state index in [-0.39, 0.29) is 23.0 Å². The summed E-state index contributed by atoms with van der Waals surface area (Å²) in [6, 6.07) is 3.51. The summed E-state index contributed by atoms with van der Waals surface area (Å²) >= 11 is 0. The number of hydrogen-bond donors (Lipinski definition) is 1. The number of hydrogen-bond acceptors (Lipinski definition) is 3. The van der Waals surface area contributed by atoms with Crippen molar-refractivity contribution in [2.75, 3.05) is 0 Å². The third-order valence-corrected chi connectivity index (χ3v) is 5.74. The number of phenolic OH excluding ortho intramolecular Hbond substituents is 1. The number of carbonyl (C=O) groups is 2. The fourth-order valence-electron chi connectivity index (χ4n) is 4.40. The smallest absolute Gasteiger partial charge is 0.150 e. The zero-order valence-corrected chi connectivity index (χ0v) is 14.8. The molecule has 1 aliphatic rings. The molecule has 1 aromatic carbocycles. The lowest BCUT2D eigenvalue weighted by Gasteiger charge is -2.49. The largest absolute Gasteiger partial charge is 0.508 e. The Bertz CT molecular complexity index is 616. The number of phenols is 1. The number of rotatable bonds is 4. The zero-order valence-electron chi connectivity index (χ0n) is 14.8. The Hall–Kier alpha value is -1.64. The van der Waals surface area contributed by atoms with Crippen molar-refractivity contribution in [2.24, 2.45) is 11.3 Å². The quantitative estimate of drug-likeness (QED) is 0.825. The minimum Gasteiger partial charge on any atom is -0.508 e. The van der Waals surface area contributed by atoms with Gasteiger partial charge in [-0.2, -0.15) is 0 Å². The first-order valence-corrected chi connectivity index (χ1v) is 8.45. The van der Waals surface area contributed by atoms with Gasteiger partial charge in [0.05, 0.1) is 0 Å². The Kier molecular flexibility index (Phi) is 4.70. The monoisotopic (exact) mass is 316 g/mol. The van der Waals surface area contributed by atoms with Crippen LogP contribution in [0.25, 0.3) is 0 Å². The highest BCUT2D eigenvalue weighted by Crippen LogP contribution is 2.52. The van der Waals surface area contributed by atoms with E-state index in [1.165, 1.54) is 0 Å². The van der Waals surface area contributed by atoms with Gasteiger partial charge in [-0.25, -0.2) is 0 Å². The molecule has 3 nitrogen and oxygen atoms in total. The molecule has 2 rings (SSSR count). The van der Waals surface area contributed by atoms with Gasteiger partial charge < -0.3 is 9.90 Å². The molecule has 0 unspecified atom stereocenters. The summed E-state index contributed by atoms with van der Waals surface area (Å²) < 4.78 is 0. The molecule has 0 spiro atoms.